The van der Waals surface area contributed by atoms with E-state index in [1.165, 1.54) is 36.9 Å². The Morgan fingerprint density at radius 2 is 1.65 bits per heavy atom. The van der Waals surface area contributed by atoms with Gasteiger partial charge in [0.15, 0.2) is 0 Å². The Balaban J connectivity index is 1.34. The quantitative estimate of drug-likeness (QED) is 0.907. The summed E-state index contributed by atoms with van der Waals surface area (Å²) in [6.45, 7) is 2.22. The van der Waals surface area contributed by atoms with Crippen LogP contribution in [0.25, 0.3) is 0 Å². The Kier molecular flexibility index (Phi) is 4.29. The normalized spacial score (nSPS) is 27.0. The fourth-order valence-corrected chi connectivity index (χ4v) is 4.34. The van der Waals surface area contributed by atoms with Crippen molar-refractivity contribution >= 4 is 5.69 Å². The van der Waals surface area contributed by atoms with Gasteiger partial charge in [-0.05, 0) is 49.3 Å². The van der Waals surface area contributed by atoms with E-state index in [9.17, 15) is 0 Å². The molecule has 2 aromatic rings. The second kappa shape index (κ2) is 6.71. The number of nitrogens with zero attached hydrogens (tertiary/aromatic N) is 2. The van der Waals surface area contributed by atoms with E-state index in [1.807, 2.05) is 12.4 Å². The molecule has 0 amide bonds. The highest BCUT2D eigenvalue weighted by Gasteiger charge is 2.40. The van der Waals surface area contributed by atoms with E-state index in [2.05, 4.69) is 57.7 Å². The fraction of sp³-hybridized carbons (Fsp3) is 0.450. The van der Waals surface area contributed by atoms with E-state index in [4.69, 9.17) is 0 Å². The lowest BCUT2D eigenvalue weighted by Crippen LogP contribution is -2.43. The average molecular weight is 307 g/mol. The molecule has 1 N–H and O–H groups in total. The van der Waals surface area contributed by atoms with Crippen LogP contribution in [0.1, 0.15) is 31.2 Å². The van der Waals surface area contributed by atoms with Crippen LogP contribution in [-0.4, -0.2) is 28.5 Å². The van der Waals surface area contributed by atoms with Crippen molar-refractivity contribution in [3.05, 3.63) is 60.4 Å². The molecule has 23 heavy (non-hydrogen) atoms. The molecule has 1 aromatic heterocycles. The number of hydrogen-bond acceptors (Lipinski definition) is 3. The molecule has 4 rings (SSSR count). The van der Waals surface area contributed by atoms with Crippen LogP contribution in [0.4, 0.5) is 5.69 Å². The number of rotatable bonds is 5. The summed E-state index contributed by atoms with van der Waals surface area (Å²) in [4.78, 5) is 6.84. The van der Waals surface area contributed by atoms with Gasteiger partial charge in [0.2, 0.25) is 0 Å². The summed E-state index contributed by atoms with van der Waals surface area (Å²) in [5.74, 6) is 0.799. The van der Waals surface area contributed by atoms with Crippen LogP contribution >= 0.6 is 0 Å². The molecule has 3 heteroatoms. The summed E-state index contributed by atoms with van der Waals surface area (Å²) in [5.41, 5.74) is 2.65. The molecule has 2 saturated heterocycles. The SMILES string of the molecule is c1ccc(CN2C3CCC2CC(CNc2ccncc2)C3)cc1. The zero-order valence-corrected chi connectivity index (χ0v) is 13.6. The predicted octanol–water partition coefficient (Wildman–Crippen LogP) is 3.94. The van der Waals surface area contributed by atoms with Crippen LogP contribution < -0.4 is 5.32 Å². The maximum Gasteiger partial charge on any atom is 0.0371 e. The van der Waals surface area contributed by atoms with Gasteiger partial charge in [-0.15, -0.1) is 0 Å². The summed E-state index contributed by atoms with van der Waals surface area (Å²) in [7, 11) is 0. The van der Waals surface area contributed by atoms with Gasteiger partial charge in [-0.3, -0.25) is 9.88 Å². The van der Waals surface area contributed by atoms with Crippen molar-refractivity contribution in [2.24, 2.45) is 5.92 Å². The molecule has 3 nitrogen and oxygen atoms in total. The molecule has 3 heterocycles. The van der Waals surface area contributed by atoms with E-state index in [0.717, 1.165) is 31.1 Å². The first kappa shape index (κ1) is 14.7. The van der Waals surface area contributed by atoms with Gasteiger partial charge >= 0.3 is 0 Å². The Morgan fingerprint density at radius 1 is 0.957 bits per heavy atom. The molecule has 1 aromatic carbocycles. The average Bonchev–Trinajstić information content (AvgIpc) is 2.83. The largest absolute Gasteiger partial charge is 0.385 e. The number of hydrogen-bond donors (Lipinski definition) is 1. The van der Waals surface area contributed by atoms with Crippen molar-refractivity contribution in [2.75, 3.05) is 11.9 Å². The van der Waals surface area contributed by atoms with Crippen molar-refractivity contribution in [1.82, 2.24) is 9.88 Å². The van der Waals surface area contributed by atoms with Crippen molar-refractivity contribution in [1.29, 1.82) is 0 Å². The minimum Gasteiger partial charge on any atom is -0.385 e. The van der Waals surface area contributed by atoms with E-state index in [0.29, 0.717) is 0 Å². The molecule has 2 fully saturated rings. The zero-order chi connectivity index (χ0) is 15.5. The summed E-state index contributed by atoms with van der Waals surface area (Å²) in [6, 6.07) is 16.6. The number of fused-ring (bicyclic) bond motifs is 2. The first-order chi connectivity index (χ1) is 11.4. The van der Waals surface area contributed by atoms with Gasteiger partial charge in [-0.25, -0.2) is 0 Å². The van der Waals surface area contributed by atoms with Crippen LogP contribution in [0.3, 0.4) is 0 Å². The monoisotopic (exact) mass is 307 g/mol. The third-order valence-electron chi connectivity index (χ3n) is 5.47. The molecule has 2 atom stereocenters. The molecule has 0 spiro atoms. The highest BCUT2D eigenvalue weighted by atomic mass is 15.2. The summed E-state index contributed by atoms with van der Waals surface area (Å²) < 4.78 is 0. The first-order valence-electron chi connectivity index (χ1n) is 8.82. The lowest BCUT2D eigenvalue weighted by molar-refractivity contribution is 0.100. The van der Waals surface area contributed by atoms with Gasteiger partial charge in [-0.2, -0.15) is 0 Å². The Hall–Kier alpha value is -1.87. The van der Waals surface area contributed by atoms with E-state index >= 15 is 0 Å². The smallest absolute Gasteiger partial charge is 0.0371 e. The van der Waals surface area contributed by atoms with Crippen LogP contribution in [0, 0.1) is 5.92 Å². The molecule has 0 saturated carbocycles. The Morgan fingerprint density at radius 3 is 2.35 bits per heavy atom. The third-order valence-corrected chi connectivity index (χ3v) is 5.47. The van der Waals surface area contributed by atoms with Crippen LogP contribution in [-0.2, 0) is 6.54 Å². The molecule has 2 unspecified atom stereocenters. The molecule has 0 aliphatic carbocycles. The summed E-state index contributed by atoms with van der Waals surface area (Å²) in [5, 5.41) is 3.59. The van der Waals surface area contributed by atoms with Crippen LogP contribution in [0.15, 0.2) is 54.9 Å². The molecule has 2 aliphatic rings. The number of benzene rings is 1. The highest BCUT2D eigenvalue weighted by Crippen LogP contribution is 2.39. The maximum absolute atomic E-state index is 4.08. The minimum absolute atomic E-state index is 0.776. The molecule has 0 radical (unpaired) electrons. The van der Waals surface area contributed by atoms with Crippen molar-refractivity contribution in [2.45, 2.75) is 44.3 Å². The number of aromatic nitrogens is 1. The van der Waals surface area contributed by atoms with Gasteiger partial charge in [0, 0.05) is 43.3 Å². The zero-order valence-electron chi connectivity index (χ0n) is 13.6. The summed E-state index contributed by atoms with van der Waals surface area (Å²) in [6.07, 6.45) is 9.14. The topological polar surface area (TPSA) is 28.2 Å². The number of piperidine rings is 1. The van der Waals surface area contributed by atoms with Gasteiger partial charge < -0.3 is 5.32 Å². The van der Waals surface area contributed by atoms with Gasteiger partial charge in [0.05, 0.1) is 0 Å². The Bertz CT molecular complexity index is 599. The van der Waals surface area contributed by atoms with Gasteiger partial charge in [-0.1, -0.05) is 30.3 Å². The number of pyridine rings is 1. The van der Waals surface area contributed by atoms with Crippen LogP contribution in [0.5, 0.6) is 0 Å². The van der Waals surface area contributed by atoms with E-state index in [-0.39, 0.29) is 0 Å². The second-order valence-corrected chi connectivity index (χ2v) is 7.00. The molecular weight excluding hydrogens is 282 g/mol. The predicted molar refractivity (Wildman–Crippen MR) is 94.2 cm³/mol. The highest BCUT2D eigenvalue weighted by molar-refractivity contribution is 5.40. The van der Waals surface area contributed by atoms with Crippen molar-refractivity contribution < 1.29 is 0 Å². The third kappa shape index (κ3) is 3.40. The van der Waals surface area contributed by atoms with Crippen LogP contribution in [0.2, 0.25) is 0 Å². The Labute approximate surface area is 138 Å². The molecule has 120 valence electrons. The van der Waals surface area contributed by atoms with Crippen molar-refractivity contribution in [3.63, 3.8) is 0 Å². The van der Waals surface area contributed by atoms with E-state index in [1.54, 1.807) is 0 Å². The standard InChI is InChI=1S/C20H25N3/c1-2-4-16(5-3-1)15-23-19-6-7-20(23)13-17(12-19)14-22-18-8-10-21-11-9-18/h1-5,8-11,17,19-20H,6-7,12-15H2,(H,21,22). The van der Waals surface area contributed by atoms with Gasteiger partial charge in [0.1, 0.15) is 0 Å². The second-order valence-electron chi connectivity index (χ2n) is 7.00. The number of anilines is 1. The molecule has 2 bridgehead atoms. The van der Waals surface area contributed by atoms with E-state index < -0.39 is 0 Å². The maximum atomic E-state index is 4.08. The minimum atomic E-state index is 0.776. The number of nitrogens with one attached hydrogen (secondary N) is 1. The van der Waals surface area contributed by atoms with Gasteiger partial charge in [0.25, 0.3) is 0 Å². The first-order valence-corrected chi connectivity index (χ1v) is 8.82. The fourth-order valence-electron chi connectivity index (χ4n) is 4.34. The molecule has 2 aliphatic heterocycles. The van der Waals surface area contributed by atoms with Crippen molar-refractivity contribution in [3.8, 4) is 0 Å². The lowest BCUT2D eigenvalue weighted by atomic mass is 9.90. The summed E-state index contributed by atoms with van der Waals surface area (Å²) >= 11 is 0. The molecular formula is C20H25N3. The lowest BCUT2D eigenvalue weighted by Gasteiger charge is -2.39.